The average molecular weight is 316 g/mol. The van der Waals surface area contributed by atoms with E-state index in [4.69, 9.17) is 0 Å². The smallest absolute Gasteiger partial charge is 0.260 e. The molecule has 1 aromatic heterocycles. The van der Waals surface area contributed by atoms with Gasteiger partial charge in [0.15, 0.2) is 0 Å². The van der Waals surface area contributed by atoms with Crippen LogP contribution in [-0.4, -0.2) is 16.0 Å². The highest BCUT2D eigenvalue weighted by molar-refractivity contribution is 7.78. The first kappa shape index (κ1) is 13.9. The molecule has 0 saturated heterocycles. The summed E-state index contributed by atoms with van der Waals surface area (Å²) in [5.41, 5.74) is 3.24. The van der Waals surface area contributed by atoms with Crippen LogP contribution in [0.25, 0.3) is 20.8 Å². The number of aromatic nitrogens is 1. The van der Waals surface area contributed by atoms with E-state index in [1.54, 1.807) is 35.6 Å². The molecule has 1 amide bonds. The van der Waals surface area contributed by atoms with Crippen molar-refractivity contribution in [2.45, 2.75) is 6.92 Å². The Hall–Kier alpha value is -2.05. The number of hydrogen-bond acceptors (Lipinski definition) is 5. The molecule has 1 heterocycles. The zero-order chi connectivity index (χ0) is 15.0. The van der Waals surface area contributed by atoms with Gasteiger partial charge in [-0.1, -0.05) is 12.8 Å². The monoisotopic (exact) mass is 316 g/mol. The van der Waals surface area contributed by atoms with E-state index < -0.39 is 0 Å². The molecule has 0 radical (unpaired) electrons. The first-order valence-electron chi connectivity index (χ1n) is 6.23. The van der Waals surface area contributed by atoms with E-state index in [2.05, 4.69) is 22.5 Å². The third-order valence-corrected chi connectivity index (χ3v) is 4.46. The summed E-state index contributed by atoms with van der Waals surface area (Å²) in [6.07, 6.45) is 0. The molecule has 106 valence electrons. The summed E-state index contributed by atoms with van der Waals surface area (Å²) in [5.74, 6) is -0.0132. The second kappa shape index (κ2) is 5.38. The molecule has 0 aliphatic carbocycles. The van der Waals surface area contributed by atoms with Crippen LogP contribution in [0.1, 0.15) is 15.9 Å². The van der Waals surface area contributed by atoms with Gasteiger partial charge in [-0.2, -0.15) is 0 Å². The maximum Gasteiger partial charge on any atom is 0.260 e. The summed E-state index contributed by atoms with van der Waals surface area (Å²) < 4.78 is 3.31. The van der Waals surface area contributed by atoms with Crippen LogP contribution < -0.4 is 4.72 Å². The van der Waals surface area contributed by atoms with Crippen molar-refractivity contribution in [2.75, 3.05) is 0 Å². The van der Waals surface area contributed by atoms with Crippen molar-refractivity contribution in [1.29, 1.82) is 0 Å². The minimum Gasteiger partial charge on any atom is -0.508 e. The fraction of sp³-hybridized carbons (Fsp3) is 0.0667. The Labute approximate surface area is 131 Å². The Morgan fingerprint density at radius 1 is 1.29 bits per heavy atom. The average Bonchev–Trinajstić information content (AvgIpc) is 2.88. The highest BCUT2D eigenvalue weighted by Crippen LogP contribution is 2.33. The van der Waals surface area contributed by atoms with Gasteiger partial charge in [0.05, 0.1) is 10.2 Å². The number of nitrogens with zero attached hydrogens (tertiary/aromatic N) is 1. The van der Waals surface area contributed by atoms with Gasteiger partial charge in [-0.05, 0) is 48.9 Å². The minimum absolute atomic E-state index is 0.241. The fourth-order valence-electron chi connectivity index (χ4n) is 2.14. The predicted octanol–water partition coefficient (Wildman–Crippen LogP) is 3.55. The lowest BCUT2D eigenvalue weighted by Crippen LogP contribution is -2.11. The number of fused-ring (bicyclic) bond motifs is 1. The highest BCUT2D eigenvalue weighted by Gasteiger charge is 2.11. The number of nitrogens with one attached hydrogen (secondary N) is 1. The number of amides is 1. The van der Waals surface area contributed by atoms with E-state index in [9.17, 15) is 9.90 Å². The van der Waals surface area contributed by atoms with E-state index in [1.165, 1.54) is 0 Å². The van der Waals surface area contributed by atoms with Crippen LogP contribution in [0.4, 0.5) is 0 Å². The molecule has 0 fully saturated rings. The maximum atomic E-state index is 11.6. The topological polar surface area (TPSA) is 62.2 Å². The Morgan fingerprint density at radius 3 is 2.81 bits per heavy atom. The van der Waals surface area contributed by atoms with Crippen LogP contribution in [0.15, 0.2) is 36.4 Å². The first-order valence-corrected chi connectivity index (χ1v) is 7.50. The Morgan fingerprint density at radius 2 is 2.10 bits per heavy atom. The summed E-state index contributed by atoms with van der Waals surface area (Å²) in [7, 11) is 0. The lowest BCUT2D eigenvalue weighted by atomic mass is 10.1. The van der Waals surface area contributed by atoms with Gasteiger partial charge in [0, 0.05) is 11.1 Å². The molecule has 0 aliphatic heterocycles. The lowest BCUT2D eigenvalue weighted by molar-refractivity contribution is 0.0985. The third-order valence-electron chi connectivity index (χ3n) is 3.19. The molecule has 2 N–H and O–H groups in total. The molecule has 3 aromatic rings. The number of thiol groups is 1. The van der Waals surface area contributed by atoms with Gasteiger partial charge >= 0.3 is 0 Å². The molecule has 0 spiro atoms. The fourth-order valence-corrected chi connectivity index (χ4v) is 3.30. The van der Waals surface area contributed by atoms with Gasteiger partial charge in [0.2, 0.25) is 0 Å². The van der Waals surface area contributed by atoms with Crippen LogP contribution >= 0.6 is 24.2 Å². The van der Waals surface area contributed by atoms with Gasteiger partial charge in [-0.3, -0.25) is 9.52 Å². The van der Waals surface area contributed by atoms with Crippen molar-refractivity contribution in [3.63, 3.8) is 0 Å². The number of thiazole rings is 1. The van der Waals surface area contributed by atoms with Crippen molar-refractivity contribution in [2.24, 2.45) is 0 Å². The van der Waals surface area contributed by atoms with Gasteiger partial charge in [0.25, 0.3) is 5.91 Å². The molecular formula is C15H12N2O2S2. The molecule has 0 bridgehead atoms. The van der Waals surface area contributed by atoms with Crippen LogP contribution in [0.5, 0.6) is 5.75 Å². The molecule has 0 unspecified atom stereocenters. The molecular weight excluding hydrogens is 304 g/mol. The summed E-state index contributed by atoms with van der Waals surface area (Å²) >= 11 is 5.32. The number of rotatable bonds is 2. The van der Waals surface area contributed by atoms with Crippen LogP contribution in [-0.2, 0) is 0 Å². The summed E-state index contributed by atoms with van der Waals surface area (Å²) in [6.45, 7) is 1.93. The van der Waals surface area contributed by atoms with Crippen LogP contribution in [0, 0.1) is 6.92 Å². The summed E-state index contributed by atoms with van der Waals surface area (Å²) in [4.78, 5) is 16.2. The summed E-state index contributed by atoms with van der Waals surface area (Å²) in [6, 6.07) is 10.6. The second-order valence-electron chi connectivity index (χ2n) is 4.64. The van der Waals surface area contributed by atoms with Gasteiger partial charge in [-0.15, -0.1) is 11.3 Å². The van der Waals surface area contributed by atoms with E-state index in [1.807, 2.05) is 19.1 Å². The van der Waals surface area contributed by atoms with Crippen molar-refractivity contribution in [3.8, 4) is 16.3 Å². The number of carbonyl (C=O) groups is 1. The van der Waals surface area contributed by atoms with Crippen molar-refractivity contribution < 1.29 is 9.90 Å². The Balaban J connectivity index is 2.10. The van der Waals surface area contributed by atoms with E-state index in [0.29, 0.717) is 5.56 Å². The third kappa shape index (κ3) is 2.59. The number of aromatic hydroxyl groups is 1. The van der Waals surface area contributed by atoms with Gasteiger partial charge in [-0.25, -0.2) is 4.98 Å². The standard InChI is InChI=1S/C15H12N2O2S2/c1-8-6-10(18)3-4-11(8)15-16-12-7-9(14(19)17-20)2-5-13(12)21-15/h2-7,18,20H,1H3,(H,17,19). The van der Waals surface area contributed by atoms with E-state index >= 15 is 0 Å². The highest BCUT2D eigenvalue weighted by atomic mass is 32.1. The van der Waals surface area contributed by atoms with Gasteiger partial charge < -0.3 is 5.11 Å². The molecule has 21 heavy (non-hydrogen) atoms. The zero-order valence-corrected chi connectivity index (χ0v) is 12.8. The van der Waals surface area contributed by atoms with Crippen LogP contribution in [0.3, 0.4) is 0 Å². The summed E-state index contributed by atoms with van der Waals surface area (Å²) in [5, 5.41) is 10.3. The molecule has 0 aliphatic rings. The van der Waals surface area contributed by atoms with E-state index in [-0.39, 0.29) is 11.7 Å². The molecule has 0 atom stereocenters. The molecule has 3 rings (SSSR count). The normalized spacial score (nSPS) is 10.8. The van der Waals surface area contributed by atoms with Gasteiger partial charge in [0.1, 0.15) is 10.8 Å². The van der Waals surface area contributed by atoms with Crippen LogP contribution in [0.2, 0.25) is 0 Å². The quantitative estimate of drug-likeness (QED) is 0.634. The number of aryl methyl sites for hydroxylation is 1. The van der Waals surface area contributed by atoms with Crippen molar-refractivity contribution in [3.05, 3.63) is 47.5 Å². The predicted molar refractivity (Wildman–Crippen MR) is 87.9 cm³/mol. The molecule has 0 saturated carbocycles. The minimum atomic E-state index is -0.254. The Bertz CT molecular complexity index is 843. The van der Waals surface area contributed by atoms with E-state index in [0.717, 1.165) is 26.4 Å². The number of carbonyl (C=O) groups excluding carboxylic acids is 1. The maximum absolute atomic E-state index is 11.6. The number of phenols is 1. The number of benzene rings is 2. The largest absolute Gasteiger partial charge is 0.508 e. The molecule has 4 nitrogen and oxygen atoms in total. The lowest BCUT2D eigenvalue weighted by Gasteiger charge is -2.01. The first-order chi connectivity index (χ1) is 10.1. The SMILES string of the molecule is Cc1cc(O)ccc1-c1nc2cc(C(=O)NS)ccc2s1. The van der Waals surface area contributed by atoms with Crippen molar-refractivity contribution in [1.82, 2.24) is 9.71 Å². The molecule has 2 aromatic carbocycles. The zero-order valence-electron chi connectivity index (χ0n) is 11.1. The second-order valence-corrected chi connectivity index (χ2v) is 5.90. The van der Waals surface area contributed by atoms with Crippen molar-refractivity contribution >= 4 is 40.3 Å². The Kier molecular flexibility index (Phi) is 3.57. The number of phenolic OH excluding ortho intramolecular Hbond substituents is 1. The number of hydrogen-bond donors (Lipinski definition) is 3. The molecule has 6 heteroatoms.